The second kappa shape index (κ2) is 3.46. The predicted molar refractivity (Wildman–Crippen MR) is 49.8 cm³/mol. The molecular weight excluding hydrogens is 180 g/mol. The molecule has 14 heavy (non-hydrogen) atoms. The molecule has 4 heteroatoms. The third-order valence-electron chi connectivity index (χ3n) is 1.93. The zero-order chi connectivity index (χ0) is 10.8. The van der Waals surface area contributed by atoms with Crippen molar-refractivity contribution >= 4 is 5.97 Å². The van der Waals surface area contributed by atoms with Gasteiger partial charge in [0, 0.05) is 6.20 Å². The van der Waals surface area contributed by atoms with E-state index in [1.807, 2.05) is 0 Å². The number of hydrogen-bond acceptors (Lipinski definition) is 3. The summed E-state index contributed by atoms with van der Waals surface area (Å²) < 4.78 is 0. The van der Waals surface area contributed by atoms with Crippen LogP contribution in [-0.2, 0) is 5.41 Å². The lowest BCUT2D eigenvalue weighted by Gasteiger charge is -2.13. The zero-order valence-corrected chi connectivity index (χ0v) is 7.98. The first-order chi connectivity index (χ1) is 6.47. The van der Waals surface area contributed by atoms with Crippen LogP contribution in [0.1, 0.15) is 29.9 Å². The number of carboxylic acids is 1. The molecule has 72 valence electrons. The van der Waals surface area contributed by atoms with Gasteiger partial charge < -0.3 is 5.11 Å². The molecule has 0 fully saturated rings. The summed E-state index contributed by atoms with van der Waals surface area (Å²) in [6, 6.07) is 5.11. The lowest BCUT2D eigenvalue weighted by atomic mass is 9.91. The quantitative estimate of drug-likeness (QED) is 0.768. The monoisotopic (exact) mass is 190 g/mol. The van der Waals surface area contributed by atoms with E-state index in [4.69, 9.17) is 10.4 Å². The summed E-state index contributed by atoms with van der Waals surface area (Å²) in [6.07, 6.45) is 1.26. The summed E-state index contributed by atoms with van der Waals surface area (Å²) in [7, 11) is 0. The highest BCUT2D eigenvalue weighted by Crippen LogP contribution is 2.19. The van der Waals surface area contributed by atoms with Gasteiger partial charge in [0.2, 0.25) is 0 Å². The van der Waals surface area contributed by atoms with Crippen molar-refractivity contribution in [2.75, 3.05) is 0 Å². The van der Waals surface area contributed by atoms with Crippen LogP contribution in [-0.4, -0.2) is 16.1 Å². The molecule has 1 N–H and O–H groups in total. The summed E-state index contributed by atoms with van der Waals surface area (Å²) in [6.45, 7) is 3.46. The third kappa shape index (κ3) is 1.88. The van der Waals surface area contributed by atoms with Crippen LogP contribution in [0.2, 0.25) is 0 Å². The Kier molecular flexibility index (Phi) is 2.52. The van der Waals surface area contributed by atoms with E-state index in [0.717, 1.165) is 0 Å². The largest absolute Gasteiger partial charge is 0.478 e. The van der Waals surface area contributed by atoms with Gasteiger partial charge in [-0.1, -0.05) is 0 Å². The number of nitriles is 1. The van der Waals surface area contributed by atoms with Crippen molar-refractivity contribution in [3.63, 3.8) is 0 Å². The van der Waals surface area contributed by atoms with E-state index in [1.54, 1.807) is 19.9 Å². The number of hydrogen-bond donors (Lipinski definition) is 1. The Labute approximate surface area is 81.8 Å². The normalized spacial score (nSPS) is 10.6. The van der Waals surface area contributed by atoms with E-state index in [2.05, 4.69) is 11.1 Å². The van der Waals surface area contributed by atoms with Crippen molar-refractivity contribution in [1.29, 1.82) is 5.26 Å². The van der Waals surface area contributed by atoms with E-state index in [1.165, 1.54) is 12.3 Å². The Morgan fingerprint density at radius 1 is 1.57 bits per heavy atom. The third-order valence-corrected chi connectivity index (χ3v) is 1.93. The van der Waals surface area contributed by atoms with Crippen molar-refractivity contribution in [2.24, 2.45) is 0 Å². The average Bonchev–Trinajstić information content (AvgIpc) is 2.18. The van der Waals surface area contributed by atoms with Crippen molar-refractivity contribution in [2.45, 2.75) is 19.3 Å². The van der Waals surface area contributed by atoms with Gasteiger partial charge >= 0.3 is 5.97 Å². The molecule has 0 aliphatic rings. The highest BCUT2D eigenvalue weighted by atomic mass is 16.4. The molecular formula is C10H10N2O2. The van der Waals surface area contributed by atoms with Gasteiger partial charge in [0.05, 0.1) is 22.7 Å². The molecule has 0 spiro atoms. The molecule has 0 radical (unpaired) electrons. The van der Waals surface area contributed by atoms with Gasteiger partial charge in [-0.05, 0) is 26.0 Å². The van der Waals surface area contributed by atoms with Gasteiger partial charge in [0.25, 0.3) is 0 Å². The molecule has 0 amide bonds. The van der Waals surface area contributed by atoms with Gasteiger partial charge in [-0.3, -0.25) is 4.98 Å². The van der Waals surface area contributed by atoms with Crippen LogP contribution in [0.4, 0.5) is 0 Å². The molecule has 0 unspecified atom stereocenters. The first kappa shape index (κ1) is 10.2. The van der Waals surface area contributed by atoms with Gasteiger partial charge in [0.1, 0.15) is 0 Å². The molecule has 0 aromatic carbocycles. The molecule has 0 atom stereocenters. The molecule has 1 aromatic heterocycles. The number of carbonyl (C=O) groups is 1. The topological polar surface area (TPSA) is 74.0 Å². The highest BCUT2D eigenvalue weighted by molar-refractivity contribution is 5.87. The van der Waals surface area contributed by atoms with Gasteiger partial charge in [-0.2, -0.15) is 5.26 Å². The molecule has 1 heterocycles. The molecule has 1 rings (SSSR count). The molecule has 0 bridgehead atoms. The first-order valence-corrected chi connectivity index (χ1v) is 4.08. The number of aromatic carboxylic acids is 1. The fraction of sp³-hybridized carbons (Fsp3) is 0.300. The number of aromatic nitrogens is 1. The summed E-state index contributed by atoms with van der Waals surface area (Å²) >= 11 is 0. The molecule has 1 aromatic rings. The minimum atomic E-state index is -1.01. The Hall–Kier alpha value is -1.89. The van der Waals surface area contributed by atoms with Crippen LogP contribution >= 0.6 is 0 Å². The van der Waals surface area contributed by atoms with Gasteiger partial charge in [-0.25, -0.2) is 4.79 Å². The summed E-state index contributed by atoms with van der Waals surface area (Å²) in [5, 5.41) is 17.5. The molecule has 0 aliphatic carbocycles. The van der Waals surface area contributed by atoms with Crippen LogP contribution in [0.5, 0.6) is 0 Å². The Morgan fingerprint density at radius 2 is 2.21 bits per heavy atom. The minimum Gasteiger partial charge on any atom is -0.478 e. The molecule has 0 aliphatic heterocycles. The van der Waals surface area contributed by atoms with E-state index in [9.17, 15) is 4.79 Å². The van der Waals surface area contributed by atoms with Gasteiger partial charge in [0.15, 0.2) is 0 Å². The maximum Gasteiger partial charge on any atom is 0.337 e. The number of carboxylic acid groups (broad SMARTS) is 1. The van der Waals surface area contributed by atoms with E-state index in [0.29, 0.717) is 5.69 Å². The van der Waals surface area contributed by atoms with Gasteiger partial charge in [-0.15, -0.1) is 0 Å². The summed E-state index contributed by atoms with van der Waals surface area (Å²) in [5.74, 6) is -1.01. The standard InChI is InChI=1S/C10H10N2O2/c1-10(2,6-11)8-4-3-7(5-12-8)9(13)14/h3-5H,1-2H3,(H,13,14). The highest BCUT2D eigenvalue weighted by Gasteiger charge is 2.21. The predicted octanol–water partition coefficient (Wildman–Crippen LogP) is 1.58. The fourth-order valence-corrected chi connectivity index (χ4v) is 0.947. The van der Waals surface area contributed by atoms with Crippen LogP contribution in [0.15, 0.2) is 18.3 Å². The smallest absolute Gasteiger partial charge is 0.337 e. The Morgan fingerprint density at radius 3 is 2.57 bits per heavy atom. The summed E-state index contributed by atoms with van der Waals surface area (Å²) in [5.41, 5.74) is 0.0179. The Bertz CT molecular complexity index is 388. The second-order valence-electron chi connectivity index (χ2n) is 3.47. The first-order valence-electron chi connectivity index (χ1n) is 4.08. The van der Waals surface area contributed by atoms with E-state index >= 15 is 0 Å². The molecule has 0 saturated heterocycles. The minimum absolute atomic E-state index is 0.127. The maximum atomic E-state index is 10.5. The lowest BCUT2D eigenvalue weighted by molar-refractivity contribution is 0.0696. The number of rotatable bonds is 2. The van der Waals surface area contributed by atoms with E-state index < -0.39 is 11.4 Å². The van der Waals surface area contributed by atoms with Crippen molar-refractivity contribution in [1.82, 2.24) is 4.98 Å². The fourth-order valence-electron chi connectivity index (χ4n) is 0.947. The van der Waals surface area contributed by atoms with Crippen LogP contribution in [0.25, 0.3) is 0 Å². The number of nitrogens with zero attached hydrogens (tertiary/aromatic N) is 2. The average molecular weight is 190 g/mol. The van der Waals surface area contributed by atoms with Crippen LogP contribution in [0, 0.1) is 11.3 Å². The van der Waals surface area contributed by atoms with Crippen molar-refractivity contribution < 1.29 is 9.90 Å². The second-order valence-corrected chi connectivity index (χ2v) is 3.47. The SMILES string of the molecule is CC(C)(C#N)c1ccc(C(=O)O)cn1. The Balaban J connectivity index is 3.07. The number of pyridine rings is 1. The van der Waals surface area contributed by atoms with Crippen molar-refractivity contribution in [3.8, 4) is 6.07 Å². The van der Waals surface area contributed by atoms with Crippen LogP contribution < -0.4 is 0 Å². The summed E-state index contributed by atoms with van der Waals surface area (Å²) in [4.78, 5) is 14.5. The lowest BCUT2D eigenvalue weighted by Crippen LogP contribution is -2.16. The van der Waals surface area contributed by atoms with E-state index in [-0.39, 0.29) is 5.56 Å². The maximum absolute atomic E-state index is 10.5. The zero-order valence-electron chi connectivity index (χ0n) is 7.98. The molecule has 0 saturated carbocycles. The molecule has 4 nitrogen and oxygen atoms in total. The van der Waals surface area contributed by atoms with Crippen LogP contribution in [0.3, 0.4) is 0 Å². The van der Waals surface area contributed by atoms with Crippen molar-refractivity contribution in [3.05, 3.63) is 29.6 Å².